The second-order valence-electron chi connectivity index (χ2n) is 5.18. The van der Waals surface area contributed by atoms with Crippen LogP contribution >= 0.6 is 0 Å². The van der Waals surface area contributed by atoms with E-state index in [0.717, 1.165) is 25.7 Å². The molecule has 0 heterocycles. The maximum absolute atomic E-state index is 11.9. The number of rotatable bonds is 5. The van der Waals surface area contributed by atoms with Crippen molar-refractivity contribution in [3.8, 4) is 0 Å². The van der Waals surface area contributed by atoms with Crippen molar-refractivity contribution < 1.29 is 13.2 Å². The van der Waals surface area contributed by atoms with E-state index in [1.54, 1.807) is 12.1 Å². The Labute approximate surface area is 112 Å². The van der Waals surface area contributed by atoms with E-state index in [0.29, 0.717) is 5.69 Å². The van der Waals surface area contributed by atoms with Gasteiger partial charge in [-0.2, -0.15) is 0 Å². The van der Waals surface area contributed by atoms with Crippen LogP contribution in [0.2, 0.25) is 0 Å². The van der Waals surface area contributed by atoms with Gasteiger partial charge in [0.25, 0.3) is 0 Å². The fourth-order valence-corrected chi connectivity index (χ4v) is 3.10. The van der Waals surface area contributed by atoms with E-state index in [2.05, 4.69) is 10.0 Å². The zero-order valence-electron chi connectivity index (χ0n) is 10.4. The minimum atomic E-state index is -3.41. The number of benzene rings is 1. The highest BCUT2D eigenvalue weighted by Crippen LogP contribution is 2.30. The van der Waals surface area contributed by atoms with Gasteiger partial charge in [-0.05, 0) is 49.9 Å². The highest BCUT2D eigenvalue weighted by atomic mass is 32.2. The van der Waals surface area contributed by atoms with Crippen LogP contribution in [-0.4, -0.2) is 20.4 Å². The molecule has 0 bridgehead atoms. The fourth-order valence-electron chi connectivity index (χ4n) is 1.80. The molecule has 19 heavy (non-hydrogen) atoms. The first-order valence-corrected chi connectivity index (χ1v) is 7.96. The fraction of sp³-hybridized carbons (Fsp3) is 0.462. The minimum absolute atomic E-state index is 0.0201. The summed E-state index contributed by atoms with van der Waals surface area (Å²) in [7, 11) is -3.41. The molecule has 2 aliphatic carbocycles. The Balaban J connectivity index is 1.68. The van der Waals surface area contributed by atoms with E-state index >= 15 is 0 Å². The molecule has 0 radical (unpaired) electrons. The van der Waals surface area contributed by atoms with Crippen LogP contribution in [0, 0.1) is 5.92 Å². The lowest BCUT2D eigenvalue weighted by molar-refractivity contribution is -0.117. The Morgan fingerprint density at radius 2 is 1.68 bits per heavy atom. The van der Waals surface area contributed by atoms with Gasteiger partial charge in [0.2, 0.25) is 15.9 Å². The van der Waals surface area contributed by atoms with Gasteiger partial charge in [-0.15, -0.1) is 0 Å². The molecule has 2 saturated carbocycles. The zero-order valence-corrected chi connectivity index (χ0v) is 11.2. The number of carbonyl (C=O) groups is 1. The van der Waals surface area contributed by atoms with E-state index in [4.69, 9.17) is 0 Å². The van der Waals surface area contributed by atoms with Crippen LogP contribution < -0.4 is 10.0 Å². The third-order valence-electron chi connectivity index (χ3n) is 3.28. The Bertz CT molecular complexity index is 587. The highest BCUT2D eigenvalue weighted by Gasteiger charge is 2.30. The molecule has 0 spiro atoms. The molecule has 1 amide bonds. The van der Waals surface area contributed by atoms with E-state index in [9.17, 15) is 13.2 Å². The van der Waals surface area contributed by atoms with Gasteiger partial charge >= 0.3 is 0 Å². The van der Waals surface area contributed by atoms with Crippen LogP contribution in [0.25, 0.3) is 0 Å². The molecule has 1 aromatic carbocycles. The molecule has 0 unspecified atom stereocenters. The summed E-state index contributed by atoms with van der Waals surface area (Å²) in [5.74, 6) is 0.159. The summed E-state index contributed by atoms with van der Waals surface area (Å²) >= 11 is 0. The molecular formula is C13H16N2O3S. The Morgan fingerprint density at radius 1 is 1.05 bits per heavy atom. The van der Waals surface area contributed by atoms with Crippen LogP contribution in [0.1, 0.15) is 25.7 Å². The van der Waals surface area contributed by atoms with Crippen molar-refractivity contribution in [2.24, 2.45) is 5.92 Å². The molecule has 2 aliphatic rings. The topological polar surface area (TPSA) is 75.3 Å². The number of sulfonamides is 1. The molecule has 0 atom stereocenters. The van der Waals surface area contributed by atoms with Crippen LogP contribution in [0.15, 0.2) is 29.2 Å². The maximum Gasteiger partial charge on any atom is 0.240 e. The largest absolute Gasteiger partial charge is 0.326 e. The molecule has 0 aromatic heterocycles. The highest BCUT2D eigenvalue weighted by molar-refractivity contribution is 7.89. The van der Waals surface area contributed by atoms with E-state index in [-0.39, 0.29) is 22.8 Å². The normalized spacial score (nSPS) is 19.2. The van der Waals surface area contributed by atoms with Gasteiger partial charge in [0.05, 0.1) is 4.90 Å². The van der Waals surface area contributed by atoms with Crippen molar-refractivity contribution >= 4 is 21.6 Å². The van der Waals surface area contributed by atoms with Crippen LogP contribution in [0.5, 0.6) is 0 Å². The molecule has 2 fully saturated rings. The van der Waals surface area contributed by atoms with Crippen molar-refractivity contribution in [3.05, 3.63) is 24.3 Å². The number of hydrogen-bond donors (Lipinski definition) is 2. The molecular weight excluding hydrogens is 264 g/mol. The third-order valence-corrected chi connectivity index (χ3v) is 4.82. The predicted octanol–water partition coefficient (Wildman–Crippen LogP) is 1.48. The van der Waals surface area contributed by atoms with E-state index < -0.39 is 10.0 Å². The first-order chi connectivity index (χ1) is 9.04. The van der Waals surface area contributed by atoms with Gasteiger partial charge in [0.15, 0.2) is 0 Å². The predicted molar refractivity (Wildman–Crippen MR) is 71.1 cm³/mol. The minimum Gasteiger partial charge on any atom is -0.326 e. The number of nitrogens with one attached hydrogen (secondary N) is 2. The van der Waals surface area contributed by atoms with E-state index in [1.807, 2.05) is 0 Å². The molecule has 2 N–H and O–H groups in total. The Hall–Kier alpha value is -1.40. The van der Waals surface area contributed by atoms with Gasteiger partial charge in [0.1, 0.15) is 0 Å². The summed E-state index contributed by atoms with van der Waals surface area (Å²) in [6.07, 6.45) is 3.72. The van der Waals surface area contributed by atoms with Crippen LogP contribution in [0.4, 0.5) is 5.69 Å². The summed E-state index contributed by atoms with van der Waals surface area (Å²) in [6.45, 7) is 0. The van der Waals surface area contributed by atoms with Crippen molar-refractivity contribution in [3.63, 3.8) is 0 Å². The average molecular weight is 280 g/mol. The smallest absolute Gasteiger partial charge is 0.240 e. The van der Waals surface area contributed by atoms with Gasteiger partial charge in [-0.25, -0.2) is 13.1 Å². The molecule has 0 saturated heterocycles. The maximum atomic E-state index is 11.9. The van der Waals surface area contributed by atoms with Crippen molar-refractivity contribution in [1.29, 1.82) is 0 Å². The molecule has 3 rings (SSSR count). The third kappa shape index (κ3) is 3.13. The number of amides is 1. The van der Waals surface area contributed by atoms with Crippen LogP contribution in [-0.2, 0) is 14.8 Å². The molecule has 0 aliphatic heterocycles. The monoisotopic (exact) mass is 280 g/mol. The first kappa shape index (κ1) is 12.6. The lowest BCUT2D eigenvalue weighted by atomic mass is 10.3. The Morgan fingerprint density at radius 3 is 2.21 bits per heavy atom. The van der Waals surface area contributed by atoms with Crippen molar-refractivity contribution in [2.45, 2.75) is 36.6 Å². The van der Waals surface area contributed by atoms with Gasteiger partial charge in [-0.1, -0.05) is 0 Å². The number of hydrogen-bond acceptors (Lipinski definition) is 3. The lowest BCUT2D eigenvalue weighted by Gasteiger charge is -2.07. The number of anilines is 1. The summed E-state index contributed by atoms with van der Waals surface area (Å²) < 4.78 is 26.5. The molecule has 6 heteroatoms. The first-order valence-electron chi connectivity index (χ1n) is 6.48. The van der Waals surface area contributed by atoms with Crippen molar-refractivity contribution in [2.75, 3.05) is 5.32 Å². The summed E-state index contributed by atoms with van der Waals surface area (Å²) in [5.41, 5.74) is 0.641. The molecule has 1 aromatic rings. The van der Waals surface area contributed by atoms with Crippen LogP contribution in [0.3, 0.4) is 0 Å². The second kappa shape index (κ2) is 4.61. The SMILES string of the molecule is O=C(Nc1ccc(S(=O)(=O)NC2CC2)cc1)C1CC1. The zero-order chi connectivity index (χ0) is 13.5. The summed E-state index contributed by atoms with van der Waals surface area (Å²) in [5, 5.41) is 2.78. The summed E-state index contributed by atoms with van der Waals surface area (Å²) in [4.78, 5) is 11.8. The van der Waals surface area contributed by atoms with E-state index in [1.165, 1.54) is 12.1 Å². The second-order valence-corrected chi connectivity index (χ2v) is 6.90. The van der Waals surface area contributed by atoms with Gasteiger partial charge in [-0.3, -0.25) is 4.79 Å². The lowest BCUT2D eigenvalue weighted by Crippen LogP contribution is -2.25. The standard InChI is InChI=1S/C13H16N2O3S/c16-13(9-1-2-9)14-10-5-7-12(8-6-10)19(17,18)15-11-3-4-11/h5-9,11,15H,1-4H2,(H,14,16). The quantitative estimate of drug-likeness (QED) is 0.857. The summed E-state index contributed by atoms with van der Waals surface area (Å²) in [6, 6.07) is 6.39. The average Bonchev–Trinajstić information content (AvgIpc) is 3.23. The van der Waals surface area contributed by atoms with Gasteiger partial charge in [0, 0.05) is 17.6 Å². The van der Waals surface area contributed by atoms with Crippen molar-refractivity contribution in [1.82, 2.24) is 4.72 Å². The molecule has 102 valence electrons. The molecule has 5 nitrogen and oxygen atoms in total. The van der Waals surface area contributed by atoms with Gasteiger partial charge < -0.3 is 5.32 Å². The Kier molecular flexibility index (Phi) is 3.06. The number of carbonyl (C=O) groups excluding carboxylic acids is 1.